The molecule has 0 amide bonds. The molecule has 0 radical (unpaired) electrons. The molecule has 0 aromatic heterocycles. The summed E-state index contributed by atoms with van der Waals surface area (Å²) < 4.78 is 0. The van der Waals surface area contributed by atoms with E-state index < -0.39 is 0 Å². The second kappa shape index (κ2) is 3.35. The van der Waals surface area contributed by atoms with Gasteiger partial charge in [-0.2, -0.15) is 0 Å². The third-order valence-electron chi connectivity index (χ3n) is 2.03. The van der Waals surface area contributed by atoms with Gasteiger partial charge < -0.3 is 10.2 Å². The van der Waals surface area contributed by atoms with Crippen molar-refractivity contribution in [3.05, 3.63) is 0 Å². The van der Waals surface area contributed by atoms with E-state index in [0.717, 1.165) is 12.0 Å². The Kier molecular flexibility index (Phi) is 2.69. The number of hydrogen-bond donors (Lipinski definition) is 1. The van der Waals surface area contributed by atoms with E-state index in [2.05, 4.69) is 31.2 Å². The van der Waals surface area contributed by atoms with Gasteiger partial charge in [0.1, 0.15) is 0 Å². The van der Waals surface area contributed by atoms with Crippen LogP contribution in [0, 0.1) is 5.92 Å². The summed E-state index contributed by atoms with van der Waals surface area (Å²) in [7, 11) is 4.26. The molecule has 1 rings (SSSR count). The Balaban J connectivity index is 2.18. The molecule has 0 spiro atoms. The zero-order valence-corrected chi connectivity index (χ0v) is 7.22. The highest BCUT2D eigenvalue weighted by atomic mass is 15.1. The largest absolute Gasteiger partial charge is 0.312 e. The molecule has 1 fully saturated rings. The SMILES string of the molecule is C[C@@H]1CN[C@@H](CN(C)C)C1. The summed E-state index contributed by atoms with van der Waals surface area (Å²) in [6.07, 6.45) is 1.35. The zero-order valence-electron chi connectivity index (χ0n) is 7.22. The lowest BCUT2D eigenvalue weighted by molar-refractivity contribution is 0.354. The van der Waals surface area contributed by atoms with Gasteiger partial charge in [-0.15, -0.1) is 0 Å². The summed E-state index contributed by atoms with van der Waals surface area (Å²) in [5, 5.41) is 3.50. The van der Waals surface area contributed by atoms with Crippen LogP contribution < -0.4 is 5.32 Å². The lowest BCUT2D eigenvalue weighted by Crippen LogP contribution is -2.33. The lowest BCUT2D eigenvalue weighted by Gasteiger charge is -2.15. The smallest absolute Gasteiger partial charge is 0.0197 e. The molecule has 1 saturated heterocycles. The quantitative estimate of drug-likeness (QED) is 0.605. The summed E-state index contributed by atoms with van der Waals surface area (Å²) in [6, 6.07) is 0.741. The molecule has 60 valence electrons. The molecule has 1 aliphatic heterocycles. The number of nitrogens with one attached hydrogen (secondary N) is 1. The lowest BCUT2D eigenvalue weighted by atomic mass is 10.1. The molecule has 2 atom stereocenters. The first-order valence-electron chi connectivity index (χ1n) is 4.06. The average Bonchev–Trinajstić information content (AvgIpc) is 2.13. The first kappa shape index (κ1) is 8.02. The second-order valence-electron chi connectivity index (χ2n) is 3.71. The minimum Gasteiger partial charge on any atom is -0.312 e. The minimum atomic E-state index is 0.741. The maximum atomic E-state index is 3.50. The third kappa shape index (κ3) is 2.27. The highest BCUT2D eigenvalue weighted by molar-refractivity contribution is 4.80. The Morgan fingerprint density at radius 3 is 2.60 bits per heavy atom. The van der Waals surface area contributed by atoms with Crippen molar-refractivity contribution < 1.29 is 0 Å². The third-order valence-corrected chi connectivity index (χ3v) is 2.03. The second-order valence-corrected chi connectivity index (χ2v) is 3.71. The van der Waals surface area contributed by atoms with E-state index in [0.29, 0.717) is 0 Å². The van der Waals surface area contributed by atoms with E-state index in [1.807, 2.05) is 0 Å². The van der Waals surface area contributed by atoms with Crippen LogP contribution in [0.25, 0.3) is 0 Å². The first-order valence-corrected chi connectivity index (χ1v) is 4.06. The molecule has 0 aliphatic carbocycles. The van der Waals surface area contributed by atoms with Crippen LogP contribution in [0.4, 0.5) is 0 Å². The fourth-order valence-corrected chi connectivity index (χ4v) is 1.60. The Morgan fingerprint density at radius 2 is 2.20 bits per heavy atom. The van der Waals surface area contributed by atoms with Crippen molar-refractivity contribution in [1.29, 1.82) is 0 Å². The van der Waals surface area contributed by atoms with Gasteiger partial charge in [0, 0.05) is 12.6 Å². The average molecular weight is 142 g/mol. The van der Waals surface area contributed by atoms with Crippen LogP contribution >= 0.6 is 0 Å². The van der Waals surface area contributed by atoms with E-state index in [9.17, 15) is 0 Å². The van der Waals surface area contributed by atoms with E-state index in [1.165, 1.54) is 19.5 Å². The van der Waals surface area contributed by atoms with Gasteiger partial charge >= 0.3 is 0 Å². The summed E-state index contributed by atoms with van der Waals surface area (Å²) in [6.45, 7) is 4.70. The number of nitrogens with zero attached hydrogens (tertiary/aromatic N) is 1. The predicted octanol–water partition coefficient (Wildman–Crippen LogP) is 0.546. The molecular formula is C8H18N2. The number of likely N-dealkylation sites (N-methyl/N-ethyl adjacent to an activating group) is 1. The standard InChI is InChI=1S/C8H18N2/c1-7-4-8(9-5-7)6-10(2)3/h7-9H,4-6H2,1-3H3/t7-,8+/m0/s1. The first-order chi connectivity index (χ1) is 4.68. The van der Waals surface area contributed by atoms with Gasteiger partial charge in [0.2, 0.25) is 0 Å². The summed E-state index contributed by atoms with van der Waals surface area (Å²) in [4.78, 5) is 2.25. The molecule has 0 unspecified atom stereocenters. The Labute approximate surface area is 63.6 Å². The summed E-state index contributed by atoms with van der Waals surface area (Å²) in [5.41, 5.74) is 0. The molecular weight excluding hydrogens is 124 g/mol. The molecule has 0 saturated carbocycles. The van der Waals surface area contributed by atoms with E-state index in [1.54, 1.807) is 0 Å². The minimum absolute atomic E-state index is 0.741. The van der Waals surface area contributed by atoms with Crippen molar-refractivity contribution >= 4 is 0 Å². The van der Waals surface area contributed by atoms with Crippen LogP contribution in [-0.4, -0.2) is 38.1 Å². The van der Waals surface area contributed by atoms with Crippen molar-refractivity contribution in [2.75, 3.05) is 27.2 Å². The van der Waals surface area contributed by atoms with Gasteiger partial charge in [0.25, 0.3) is 0 Å². The molecule has 0 aromatic carbocycles. The van der Waals surface area contributed by atoms with Crippen LogP contribution in [0.3, 0.4) is 0 Å². The summed E-state index contributed by atoms with van der Waals surface area (Å²) >= 11 is 0. The maximum absolute atomic E-state index is 3.50. The molecule has 1 aliphatic rings. The molecule has 0 bridgehead atoms. The van der Waals surface area contributed by atoms with Gasteiger partial charge in [0.05, 0.1) is 0 Å². The van der Waals surface area contributed by atoms with Crippen LogP contribution in [0.1, 0.15) is 13.3 Å². The van der Waals surface area contributed by atoms with Crippen LogP contribution in [0.5, 0.6) is 0 Å². The molecule has 0 aromatic rings. The van der Waals surface area contributed by atoms with Crippen molar-refractivity contribution in [3.8, 4) is 0 Å². The fraction of sp³-hybridized carbons (Fsp3) is 1.00. The van der Waals surface area contributed by atoms with Gasteiger partial charge in [-0.1, -0.05) is 6.92 Å². The van der Waals surface area contributed by atoms with Crippen molar-refractivity contribution in [2.24, 2.45) is 5.92 Å². The molecule has 1 N–H and O–H groups in total. The van der Waals surface area contributed by atoms with E-state index in [-0.39, 0.29) is 0 Å². The predicted molar refractivity (Wildman–Crippen MR) is 44.1 cm³/mol. The monoisotopic (exact) mass is 142 g/mol. The Morgan fingerprint density at radius 1 is 1.50 bits per heavy atom. The normalized spacial score (nSPS) is 33.6. The van der Waals surface area contributed by atoms with E-state index >= 15 is 0 Å². The number of rotatable bonds is 2. The number of hydrogen-bond acceptors (Lipinski definition) is 2. The van der Waals surface area contributed by atoms with Gasteiger partial charge in [-0.3, -0.25) is 0 Å². The van der Waals surface area contributed by atoms with Gasteiger partial charge in [-0.25, -0.2) is 0 Å². The van der Waals surface area contributed by atoms with Crippen LogP contribution in [0.15, 0.2) is 0 Å². The zero-order chi connectivity index (χ0) is 7.56. The van der Waals surface area contributed by atoms with E-state index in [4.69, 9.17) is 0 Å². The molecule has 2 heteroatoms. The Hall–Kier alpha value is -0.0800. The molecule has 1 heterocycles. The molecule has 10 heavy (non-hydrogen) atoms. The van der Waals surface area contributed by atoms with Crippen molar-refractivity contribution in [1.82, 2.24) is 10.2 Å². The molecule has 2 nitrogen and oxygen atoms in total. The summed E-state index contributed by atoms with van der Waals surface area (Å²) in [5.74, 6) is 0.880. The Bertz CT molecular complexity index is 101. The van der Waals surface area contributed by atoms with Crippen molar-refractivity contribution in [2.45, 2.75) is 19.4 Å². The van der Waals surface area contributed by atoms with Crippen LogP contribution in [0.2, 0.25) is 0 Å². The highest BCUT2D eigenvalue weighted by Crippen LogP contribution is 2.12. The maximum Gasteiger partial charge on any atom is 0.0197 e. The van der Waals surface area contributed by atoms with Crippen molar-refractivity contribution in [3.63, 3.8) is 0 Å². The topological polar surface area (TPSA) is 15.3 Å². The van der Waals surface area contributed by atoms with Gasteiger partial charge in [-0.05, 0) is 33.0 Å². The highest BCUT2D eigenvalue weighted by Gasteiger charge is 2.20. The van der Waals surface area contributed by atoms with Gasteiger partial charge in [0.15, 0.2) is 0 Å². The van der Waals surface area contributed by atoms with Crippen LogP contribution in [-0.2, 0) is 0 Å². The fourth-order valence-electron chi connectivity index (χ4n) is 1.60.